The van der Waals surface area contributed by atoms with Crippen molar-refractivity contribution in [2.24, 2.45) is 0 Å². The van der Waals surface area contributed by atoms with Crippen molar-refractivity contribution in [3.63, 3.8) is 0 Å². The lowest BCUT2D eigenvalue weighted by atomic mass is 10.0. The maximum Gasteiger partial charge on any atom is 0.134 e. The zero-order chi connectivity index (χ0) is 14.5. The Kier molecular flexibility index (Phi) is 4.56. The predicted octanol–water partition coefficient (Wildman–Crippen LogP) is 3.35. The second-order valence-corrected chi connectivity index (χ2v) is 5.04. The van der Waals surface area contributed by atoms with Crippen LogP contribution in [0.25, 0.3) is 0 Å². The molecule has 1 unspecified atom stereocenters. The van der Waals surface area contributed by atoms with Crippen LogP contribution in [0.4, 0.5) is 11.6 Å². The van der Waals surface area contributed by atoms with E-state index in [1.807, 2.05) is 27.0 Å². The van der Waals surface area contributed by atoms with E-state index < -0.39 is 0 Å². The molecule has 2 rings (SSSR count). The summed E-state index contributed by atoms with van der Waals surface area (Å²) in [5.74, 6) is 3.00. The van der Waals surface area contributed by atoms with Gasteiger partial charge in [0.05, 0.1) is 0 Å². The van der Waals surface area contributed by atoms with E-state index in [0.717, 1.165) is 29.6 Å². The Morgan fingerprint density at radius 1 is 1.05 bits per heavy atom. The van der Waals surface area contributed by atoms with Gasteiger partial charge in [0.2, 0.25) is 0 Å². The number of aromatic nitrogens is 2. The summed E-state index contributed by atoms with van der Waals surface area (Å²) in [6.07, 6.45) is 0. The van der Waals surface area contributed by atoms with Gasteiger partial charge < -0.3 is 10.6 Å². The number of hydrogen-bond acceptors (Lipinski definition) is 4. The van der Waals surface area contributed by atoms with Gasteiger partial charge in [0, 0.05) is 19.2 Å². The fourth-order valence-corrected chi connectivity index (χ4v) is 2.19. The van der Waals surface area contributed by atoms with E-state index in [-0.39, 0.29) is 0 Å². The minimum absolute atomic E-state index is 0.434. The Labute approximate surface area is 120 Å². The maximum absolute atomic E-state index is 4.48. The zero-order valence-corrected chi connectivity index (χ0v) is 12.6. The summed E-state index contributed by atoms with van der Waals surface area (Å²) in [4.78, 5) is 8.86. The predicted molar refractivity (Wildman–Crippen MR) is 84.4 cm³/mol. The van der Waals surface area contributed by atoms with E-state index >= 15 is 0 Å². The molecule has 0 amide bonds. The molecule has 0 aliphatic carbocycles. The van der Waals surface area contributed by atoms with Gasteiger partial charge in [-0.15, -0.1) is 0 Å². The molecule has 2 aromatic rings. The fourth-order valence-electron chi connectivity index (χ4n) is 2.19. The third-order valence-electron chi connectivity index (χ3n) is 3.44. The molecule has 2 N–H and O–H groups in total. The van der Waals surface area contributed by atoms with Gasteiger partial charge in [-0.1, -0.05) is 37.3 Å². The van der Waals surface area contributed by atoms with Gasteiger partial charge >= 0.3 is 0 Å². The number of aryl methyl sites for hydroxylation is 1. The van der Waals surface area contributed by atoms with Crippen LogP contribution < -0.4 is 10.6 Å². The molecule has 4 nitrogen and oxygen atoms in total. The van der Waals surface area contributed by atoms with Gasteiger partial charge in [-0.05, 0) is 25.3 Å². The molecule has 0 aliphatic rings. The first-order chi connectivity index (χ1) is 9.61. The first-order valence-electron chi connectivity index (χ1n) is 6.93. The minimum Gasteiger partial charge on any atom is -0.373 e. The summed E-state index contributed by atoms with van der Waals surface area (Å²) in [6.45, 7) is 7.00. The topological polar surface area (TPSA) is 49.8 Å². The Hall–Kier alpha value is -2.10. The van der Waals surface area contributed by atoms with Crippen LogP contribution in [0.2, 0.25) is 0 Å². The molecule has 20 heavy (non-hydrogen) atoms. The molecule has 0 bridgehead atoms. The second kappa shape index (κ2) is 6.37. The molecule has 0 spiro atoms. The van der Waals surface area contributed by atoms with E-state index in [4.69, 9.17) is 0 Å². The maximum atomic E-state index is 4.48. The molecule has 0 aliphatic heterocycles. The highest BCUT2D eigenvalue weighted by Gasteiger charge is 2.10. The summed E-state index contributed by atoms with van der Waals surface area (Å²) in [7, 11) is 1.88. The van der Waals surface area contributed by atoms with E-state index in [0.29, 0.717) is 5.92 Å². The summed E-state index contributed by atoms with van der Waals surface area (Å²) < 4.78 is 0. The van der Waals surface area contributed by atoms with E-state index in [2.05, 4.69) is 51.8 Å². The summed E-state index contributed by atoms with van der Waals surface area (Å²) in [6, 6.07) is 10.5. The van der Waals surface area contributed by atoms with Crippen molar-refractivity contribution >= 4 is 11.6 Å². The van der Waals surface area contributed by atoms with E-state index in [1.54, 1.807) is 0 Å². The van der Waals surface area contributed by atoms with Gasteiger partial charge in [0.25, 0.3) is 0 Å². The average Bonchev–Trinajstić information content (AvgIpc) is 2.48. The Bertz CT molecular complexity index is 566. The van der Waals surface area contributed by atoms with Gasteiger partial charge in [-0.2, -0.15) is 0 Å². The van der Waals surface area contributed by atoms with Crippen LogP contribution in [0.1, 0.15) is 29.8 Å². The monoisotopic (exact) mass is 270 g/mol. The molecule has 106 valence electrons. The number of nitrogens with one attached hydrogen (secondary N) is 2. The number of anilines is 2. The first kappa shape index (κ1) is 14.3. The number of rotatable bonds is 5. The van der Waals surface area contributed by atoms with Gasteiger partial charge in [-0.25, -0.2) is 9.97 Å². The Morgan fingerprint density at radius 2 is 1.70 bits per heavy atom. The highest BCUT2D eigenvalue weighted by molar-refractivity contribution is 5.57. The van der Waals surface area contributed by atoms with Crippen molar-refractivity contribution < 1.29 is 0 Å². The Balaban J connectivity index is 2.09. The number of nitrogens with zero attached hydrogens (tertiary/aromatic N) is 2. The standard InChI is InChI=1S/C16H22N4/c1-11(14-8-6-5-7-9-14)10-18-16-12(2)15(17-4)19-13(3)20-16/h5-9,11H,10H2,1-4H3,(H2,17,18,19,20). The lowest BCUT2D eigenvalue weighted by Crippen LogP contribution is -2.13. The largest absolute Gasteiger partial charge is 0.373 e. The molecule has 0 saturated heterocycles. The molecule has 0 saturated carbocycles. The lowest BCUT2D eigenvalue weighted by molar-refractivity contribution is 0.798. The van der Waals surface area contributed by atoms with Crippen LogP contribution in [-0.4, -0.2) is 23.6 Å². The molecule has 0 fully saturated rings. The summed E-state index contributed by atoms with van der Waals surface area (Å²) in [5.41, 5.74) is 2.38. The SMILES string of the molecule is CNc1nc(C)nc(NCC(C)c2ccccc2)c1C. The Morgan fingerprint density at radius 3 is 2.35 bits per heavy atom. The van der Waals surface area contributed by atoms with Crippen molar-refractivity contribution in [1.82, 2.24) is 9.97 Å². The smallest absolute Gasteiger partial charge is 0.134 e. The third kappa shape index (κ3) is 3.26. The van der Waals surface area contributed by atoms with Gasteiger partial charge in [0.15, 0.2) is 0 Å². The summed E-state index contributed by atoms with van der Waals surface area (Å²) >= 11 is 0. The lowest BCUT2D eigenvalue weighted by Gasteiger charge is -2.16. The molecule has 1 aromatic heterocycles. The zero-order valence-electron chi connectivity index (χ0n) is 12.6. The molecule has 1 heterocycles. The van der Waals surface area contributed by atoms with Crippen LogP contribution in [0.5, 0.6) is 0 Å². The fraction of sp³-hybridized carbons (Fsp3) is 0.375. The van der Waals surface area contributed by atoms with Gasteiger partial charge in [-0.3, -0.25) is 0 Å². The van der Waals surface area contributed by atoms with Crippen molar-refractivity contribution in [3.8, 4) is 0 Å². The normalized spacial score (nSPS) is 12.0. The first-order valence-corrected chi connectivity index (χ1v) is 6.93. The number of benzene rings is 1. The molecule has 0 radical (unpaired) electrons. The van der Waals surface area contributed by atoms with Crippen molar-refractivity contribution in [1.29, 1.82) is 0 Å². The highest BCUT2D eigenvalue weighted by Crippen LogP contribution is 2.21. The van der Waals surface area contributed by atoms with Crippen molar-refractivity contribution in [3.05, 3.63) is 47.3 Å². The molecule has 4 heteroatoms. The second-order valence-electron chi connectivity index (χ2n) is 5.04. The van der Waals surface area contributed by atoms with Crippen LogP contribution in [0.15, 0.2) is 30.3 Å². The van der Waals surface area contributed by atoms with Crippen LogP contribution in [0, 0.1) is 13.8 Å². The van der Waals surface area contributed by atoms with E-state index in [1.165, 1.54) is 5.56 Å². The highest BCUT2D eigenvalue weighted by atomic mass is 15.1. The van der Waals surface area contributed by atoms with Gasteiger partial charge in [0.1, 0.15) is 17.5 Å². The van der Waals surface area contributed by atoms with Crippen molar-refractivity contribution in [2.45, 2.75) is 26.7 Å². The van der Waals surface area contributed by atoms with E-state index in [9.17, 15) is 0 Å². The van der Waals surface area contributed by atoms with Crippen LogP contribution in [-0.2, 0) is 0 Å². The average molecular weight is 270 g/mol. The molecular formula is C16H22N4. The number of hydrogen-bond donors (Lipinski definition) is 2. The molecule has 1 aromatic carbocycles. The third-order valence-corrected chi connectivity index (χ3v) is 3.44. The van der Waals surface area contributed by atoms with Crippen molar-refractivity contribution in [2.75, 3.05) is 24.2 Å². The van der Waals surface area contributed by atoms with Crippen LogP contribution in [0.3, 0.4) is 0 Å². The van der Waals surface area contributed by atoms with Crippen LogP contribution >= 0.6 is 0 Å². The summed E-state index contributed by atoms with van der Waals surface area (Å²) in [5, 5.41) is 6.54. The quantitative estimate of drug-likeness (QED) is 0.874. The molecule has 1 atom stereocenters. The minimum atomic E-state index is 0.434. The molecular weight excluding hydrogens is 248 g/mol.